The minimum absolute atomic E-state index is 0.300. The first-order valence-corrected chi connectivity index (χ1v) is 9.52. The van der Waals surface area contributed by atoms with Crippen LogP contribution in [0, 0.1) is 0 Å². The first-order chi connectivity index (χ1) is 13.3. The highest BCUT2D eigenvalue weighted by Crippen LogP contribution is 2.36. The standard InChI is InChI=1S/C24H23N2O/c1-17(18-11-13-19(27-2)14-12-18)25-15-16-26-23-10-6-5-8-21(23)20-7-3-4-9-22(20)24(25)26/h3-14,17H,15-16H2,1-2H3/q+1/t17-/m0/s1. The van der Waals surface area contributed by atoms with E-state index in [1.165, 1.54) is 33.1 Å². The molecule has 0 amide bonds. The average molecular weight is 355 g/mol. The van der Waals surface area contributed by atoms with Gasteiger partial charge in [0.1, 0.15) is 30.4 Å². The minimum atomic E-state index is 0.300. The van der Waals surface area contributed by atoms with Crippen LogP contribution in [0.2, 0.25) is 0 Å². The Morgan fingerprint density at radius 2 is 1.52 bits per heavy atom. The molecule has 0 bridgehead atoms. The number of ether oxygens (including phenoxy) is 1. The number of para-hydroxylation sites is 1. The number of aromatic nitrogens is 1. The Morgan fingerprint density at radius 3 is 2.26 bits per heavy atom. The van der Waals surface area contributed by atoms with E-state index in [1.54, 1.807) is 7.11 Å². The molecule has 0 aliphatic carbocycles. The number of rotatable bonds is 3. The van der Waals surface area contributed by atoms with Crippen molar-refractivity contribution in [1.29, 1.82) is 0 Å². The van der Waals surface area contributed by atoms with Crippen molar-refractivity contribution in [2.24, 2.45) is 0 Å². The Labute approximate surface area is 159 Å². The van der Waals surface area contributed by atoms with Crippen molar-refractivity contribution in [2.75, 3.05) is 18.6 Å². The molecule has 3 nitrogen and oxygen atoms in total. The number of benzene rings is 3. The first-order valence-electron chi connectivity index (χ1n) is 9.52. The highest BCUT2D eigenvalue weighted by atomic mass is 16.5. The van der Waals surface area contributed by atoms with Gasteiger partial charge in [0.05, 0.1) is 12.5 Å². The van der Waals surface area contributed by atoms with Crippen molar-refractivity contribution in [1.82, 2.24) is 0 Å². The molecule has 0 fully saturated rings. The second-order valence-electron chi connectivity index (χ2n) is 7.18. The zero-order valence-corrected chi connectivity index (χ0v) is 15.7. The van der Waals surface area contributed by atoms with E-state index in [9.17, 15) is 0 Å². The highest BCUT2D eigenvalue weighted by molar-refractivity contribution is 6.08. The van der Waals surface area contributed by atoms with Crippen LogP contribution in [0.1, 0.15) is 18.5 Å². The van der Waals surface area contributed by atoms with E-state index in [0.29, 0.717) is 6.04 Å². The third kappa shape index (κ3) is 2.46. The maximum absolute atomic E-state index is 5.32. The minimum Gasteiger partial charge on any atom is -0.497 e. The predicted molar refractivity (Wildman–Crippen MR) is 110 cm³/mol. The number of anilines is 1. The molecular formula is C24H23N2O+. The number of methoxy groups -OCH3 is 1. The van der Waals surface area contributed by atoms with E-state index in [1.807, 2.05) is 0 Å². The molecule has 0 unspecified atom stereocenters. The van der Waals surface area contributed by atoms with Gasteiger partial charge in [0.2, 0.25) is 0 Å². The normalized spacial score (nSPS) is 14.5. The molecule has 2 heterocycles. The van der Waals surface area contributed by atoms with Crippen LogP contribution in [0.25, 0.3) is 21.7 Å². The molecule has 1 atom stereocenters. The molecule has 0 saturated carbocycles. The molecule has 1 aliphatic heterocycles. The maximum atomic E-state index is 5.32. The van der Waals surface area contributed by atoms with Gasteiger partial charge in [-0.3, -0.25) is 4.90 Å². The molecule has 0 spiro atoms. The van der Waals surface area contributed by atoms with Gasteiger partial charge in [-0.05, 0) is 36.8 Å². The molecule has 3 aromatic carbocycles. The van der Waals surface area contributed by atoms with Gasteiger partial charge in [-0.1, -0.05) is 48.5 Å². The maximum Gasteiger partial charge on any atom is 0.285 e. The smallest absolute Gasteiger partial charge is 0.285 e. The molecule has 5 rings (SSSR count). The van der Waals surface area contributed by atoms with E-state index in [2.05, 4.69) is 89.2 Å². The Hall–Kier alpha value is -3.07. The molecule has 1 aliphatic rings. The second kappa shape index (κ2) is 6.27. The summed E-state index contributed by atoms with van der Waals surface area (Å²) < 4.78 is 7.80. The first kappa shape index (κ1) is 16.1. The lowest BCUT2D eigenvalue weighted by Crippen LogP contribution is -2.33. The van der Waals surface area contributed by atoms with Crippen LogP contribution in [0.4, 0.5) is 5.82 Å². The number of hydrogen-bond acceptors (Lipinski definition) is 2. The second-order valence-corrected chi connectivity index (χ2v) is 7.18. The Kier molecular flexibility index (Phi) is 3.75. The summed E-state index contributed by atoms with van der Waals surface area (Å²) in [5.41, 5.74) is 2.62. The van der Waals surface area contributed by atoms with Crippen molar-refractivity contribution < 1.29 is 9.30 Å². The van der Waals surface area contributed by atoms with Gasteiger partial charge >= 0.3 is 0 Å². The van der Waals surface area contributed by atoms with E-state index in [-0.39, 0.29) is 0 Å². The molecule has 3 heteroatoms. The van der Waals surface area contributed by atoms with Crippen molar-refractivity contribution in [3.63, 3.8) is 0 Å². The summed E-state index contributed by atoms with van der Waals surface area (Å²) in [6, 6.07) is 26.3. The van der Waals surface area contributed by atoms with Crippen molar-refractivity contribution in [2.45, 2.75) is 19.5 Å². The van der Waals surface area contributed by atoms with Crippen LogP contribution in [0.5, 0.6) is 5.75 Å². The summed E-state index contributed by atoms with van der Waals surface area (Å²) in [5.74, 6) is 2.23. The highest BCUT2D eigenvalue weighted by Gasteiger charge is 2.36. The summed E-state index contributed by atoms with van der Waals surface area (Å²) in [5, 5.41) is 3.98. The predicted octanol–water partition coefficient (Wildman–Crippen LogP) is 4.87. The summed E-state index contributed by atoms with van der Waals surface area (Å²) in [6.07, 6.45) is 0. The monoisotopic (exact) mass is 355 g/mol. The Bertz CT molecular complexity index is 1130. The SMILES string of the molecule is COc1ccc([C@H](C)N2CC[n+]3c2c2ccccc2c2ccccc23)cc1. The van der Waals surface area contributed by atoms with Crippen molar-refractivity contribution in [3.05, 3.63) is 78.4 Å². The van der Waals surface area contributed by atoms with Gasteiger partial charge in [0.25, 0.3) is 5.82 Å². The molecule has 0 radical (unpaired) electrons. The molecule has 0 saturated heterocycles. The topological polar surface area (TPSA) is 16.4 Å². The summed E-state index contributed by atoms with van der Waals surface area (Å²) in [7, 11) is 1.71. The van der Waals surface area contributed by atoms with E-state index >= 15 is 0 Å². The molecule has 4 aromatic rings. The molecule has 0 N–H and O–H groups in total. The third-order valence-electron chi connectivity index (χ3n) is 5.81. The van der Waals surface area contributed by atoms with Crippen molar-refractivity contribution in [3.8, 4) is 5.75 Å². The van der Waals surface area contributed by atoms with Crippen LogP contribution < -0.4 is 14.2 Å². The van der Waals surface area contributed by atoms with Crippen LogP contribution >= 0.6 is 0 Å². The number of fused-ring (bicyclic) bond motifs is 6. The van der Waals surface area contributed by atoms with E-state index in [0.717, 1.165) is 18.8 Å². The van der Waals surface area contributed by atoms with Crippen LogP contribution in [0.15, 0.2) is 72.8 Å². The number of pyridine rings is 1. The zero-order chi connectivity index (χ0) is 18.4. The van der Waals surface area contributed by atoms with Crippen LogP contribution in [-0.4, -0.2) is 13.7 Å². The average Bonchev–Trinajstić information content (AvgIpc) is 3.19. The van der Waals surface area contributed by atoms with E-state index in [4.69, 9.17) is 4.74 Å². The van der Waals surface area contributed by atoms with Gasteiger partial charge in [-0.15, -0.1) is 0 Å². The zero-order valence-electron chi connectivity index (χ0n) is 15.7. The summed E-state index contributed by atoms with van der Waals surface area (Å²) in [4.78, 5) is 2.54. The third-order valence-corrected chi connectivity index (χ3v) is 5.81. The number of nitrogens with zero attached hydrogens (tertiary/aromatic N) is 2. The molecular weight excluding hydrogens is 332 g/mol. The Balaban J connectivity index is 1.70. The lowest BCUT2D eigenvalue weighted by atomic mass is 10.0. The van der Waals surface area contributed by atoms with E-state index < -0.39 is 0 Å². The molecule has 1 aromatic heterocycles. The Morgan fingerprint density at radius 1 is 0.852 bits per heavy atom. The van der Waals surface area contributed by atoms with Crippen molar-refractivity contribution >= 4 is 27.5 Å². The summed E-state index contributed by atoms with van der Waals surface area (Å²) in [6.45, 7) is 4.33. The fraction of sp³-hybridized carbons (Fsp3) is 0.208. The van der Waals surface area contributed by atoms with Gasteiger partial charge in [0.15, 0.2) is 0 Å². The van der Waals surface area contributed by atoms with Gasteiger partial charge < -0.3 is 4.74 Å². The van der Waals surface area contributed by atoms with Gasteiger partial charge in [-0.2, -0.15) is 0 Å². The lowest BCUT2D eigenvalue weighted by Gasteiger charge is -2.21. The lowest BCUT2D eigenvalue weighted by molar-refractivity contribution is -0.643. The molecule has 134 valence electrons. The van der Waals surface area contributed by atoms with Crippen LogP contribution in [-0.2, 0) is 6.54 Å². The summed E-state index contributed by atoms with van der Waals surface area (Å²) >= 11 is 0. The fourth-order valence-corrected chi connectivity index (χ4v) is 4.40. The quantitative estimate of drug-likeness (QED) is 0.385. The number of hydrogen-bond donors (Lipinski definition) is 0. The van der Waals surface area contributed by atoms with Gasteiger partial charge in [0, 0.05) is 10.8 Å². The fourth-order valence-electron chi connectivity index (χ4n) is 4.40. The largest absolute Gasteiger partial charge is 0.497 e. The van der Waals surface area contributed by atoms with Crippen LogP contribution in [0.3, 0.4) is 0 Å². The molecule has 27 heavy (non-hydrogen) atoms. The van der Waals surface area contributed by atoms with Gasteiger partial charge in [-0.25, -0.2) is 4.57 Å².